The summed E-state index contributed by atoms with van der Waals surface area (Å²) in [6.45, 7) is 3.91. The van der Waals surface area contributed by atoms with Gasteiger partial charge in [0.15, 0.2) is 0 Å². The third-order valence-corrected chi connectivity index (χ3v) is 1.67. The third-order valence-electron chi connectivity index (χ3n) is 1.67. The van der Waals surface area contributed by atoms with Crippen molar-refractivity contribution >= 4 is 0 Å². The zero-order valence-electron chi connectivity index (χ0n) is 6.55. The van der Waals surface area contributed by atoms with E-state index in [0.29, 0.717) is 5.88 Å². The number of aromatic nitrogens is 2. The van der Waals surface area contributed by atoms with Gasteiger partial charge in [-0.2, -0.15) is 5.10 Å². The molecule has 1 heterocycles. The van der Waals surface area contributed by atoms with Crippen LogP contribution < -0.4 is 0 Å². The maximum atomic E-state index is 9.32. The molecule has 0 aromatic carbocycles. The molecular formula is C7H12N2O. The second-order valence-electron chi connectivity index (χ2n) is 2.36. The lowest BCUT2D eigenvalue weighted by molar-refractivity contribution is 0.414. The Morgan fingerprint density at radius 2 is 2.20 bits per heavy atom. The SMILES string of the molecule is CCc1c(C)nn(C)c1O. The quantitative estimate of drug-likeness (QED) is 0.631. The third kappa shape index (κ3) is 0.875. The molecule has 1 N–H and O–H groups in total. The Balaban J connectivity index is 3.20. The van der Waals surface area contributed by atoms with Crippen molar-refractivity contribution in [1.29, 1.82) is 0 Å². The predicted octanol–water partition coefficient (Wildman–Crippen LogP) is 0.997. The van der Waals surface area contributed by atoms with Crippen LogP contribution in [0.4, 0.5) is 0 Å². The van der Waals surface area contributed by atoms with Crippen LogP contribution in [0.1, 0.15) is 18.2 Å². The molecule has 0 aliphatic rings. The summed E-state index contributed by atoms with van der Waals surface area (Å²) in [5.41, 5.74) is 1.87. The van der Waals surface area contributed by atoms with Gasteiger partial charge in [-0.1, -0.05) is 6.92 Å². The van der Waals surface area contributed by atoms with Gasteiger partial charge in [0.05, 0.1) is 5.69 Å². The molecule has 0 bridgehead atoms. The van der Waals surface area contributed by atoms with Gasteiger partial charge in [-0.3, -0.25) is 0 Å². The molecule has 1 rings (SSSR count). The van der Waals surface area contributed by atoms with E-state index in [1.165, 1.54) is 4.68 Å². The number of hydrogen-bond donors (Lipinski definition) is 1. The van der Waals surface area contributed by atoms with Gasteiger partial charge in [-0.25, -0.2) is 4.68 Å². The van der Waals surface area contributed by atoms with E-state index >= 15 is 0 Å². The molecule has 0 fully saturated rings. The minimum absolute atomic E-state index is 0.292. The zero-order valence-corrected chi connectivity index (χ0v) is 6.55. The number of rotatable bonds is 1. The highest BCUT2D eigenvalue weighted by atomic mass is 16.3. The summed E-state index contributed by atoms with van der Waals surface area (Å²) in [5, 5.41) is 13.4. The number of aromatic hydroxyl groups is 1. The van der Waals surface area contributed by atoms with Crippen molar-refractivity contribution in [2.75, 3.05) is 0 Å². The van der Waals surface area contributed by atoms with Crippen molar-refractivity contribution in [3.8, 4) is 5.88 Å². The summed E-state index contributed by atoms with van der Waals surface area (Å²) in [6.07, 6.45) is 0.839. The Hall–Kier alpha value is -0.990. The topological polar surface area (TPSA) is 38.0 Å². The highest BCUT2D eigenvalue weighted by molar-refractivity contribution is 5.29. The summed E-state index contributed by atoms with van der Waals surface area (Å²) in [4.78, 5) is 0. The number of aryl methyl sites for hydroxylation is 2. The molecule has 0 amide bonds. The van der Waals surface area contributed by atoms with Crippen molar-refractivity contribution in [1.82, 2.24) is 9.78 Å². The van der Waals surface area contributed by atoms with Gasteiger partial charge in [0.2, 0.25) is 5.88 Å². The lowest BCUT2D eigenvalue weighted by atomic mass is 10.2. The molecule has 0 atom stereocenters. The van der Waals surface area contributed by atoms with Gasteiger partial charge >= 0.3 is 0 Å². The molecule has 0 aliphatic heterocycles. The van der Waals surface area contributed by atoms with Crippen LogP contribution >= 0.6 is 0 Å². The first-order chi connectivity index (χ1) is 4.66. The van der Waals surface area contributed by atoms with E-state index in [1.807, 2.05) is 13.8 Å². The van der Waals surface area contributed by atoms with E-state index in [0.717, 1.165) is 17.7 Å². The Bertz CT molecular complexity index is 240. The molecule has 0 aliphatic carbocycles. The van der Waals surface area contributed by atoms with Gasteiger partial charge in [0.25, 0.3) is 0 Å². The van der Waals surface area contributed by atoms with Gasteiger partial charge < -0.3 is 5.11 Å². The molecule has 0 saturated carbocycles. The largest absolute Gasteiger partial charge is 0.493 e. The van der Waals surface area contributed by atoms with Crippen LogP contribution in [0.5, 0.6) is 5.88 Å². The van der Waals surface area contributed by atoms with E-state index in [-0.39, 0.29) is 0 Å². The molecule has 0 radical (unpaired) electrons. The van der Waals surface area contributed by atoms with Crippen molar-refractivity contribution in [3.63, 3.8) is 0 Å². The Morgan fingerprint density at radius 1 is 1.60 bits per heavy atom. The molecule has 1 aromatic heterocycles. The van der Waals surface area contributed by atoms with Crippen LogP contribution in [-0.4, -0.2) is 14.9 Å². The molecule has 10 heavy (non-hydrogen) atoms. The predicted molar refractivity (Wildman–Crippen MR) is 39.0 cm³/mol. The highest BCUT2D eigenvalue weighted by Gasteiger charge is 2.08. The molecule has 0 saturated heterocycles. The fraction of sp³-hybridized carbons (Fsp3) is 0.571. The van der Waals surface area contributed by atoms with Crippen molar-refractivity contribution in [3.05, 3.63) is 11.3 Å². The van der Waals surface area contributed by atoms with Crippen LogP contribution in [0.15, 0.2) is 0 Å². The summed E-state index contributed by atoms with van der Waals surface area (Å²) < 4.78 is 1.49. The first-order valence-electron chi connectivity index (χ1n) is 3.38. The molecule has 3 heteroatoms. The Kier molecular flexibility index (Phi) is 1.66. The zero-order chi connectivity index (χ0) is 7.72. The van der Waals surface area contributed by atoms with Gasteiger partial charge in [0, 0.05) is 12.6 Å². The van der Waals surface area contributed by atoms with Crippen LogP contribution in [0.3, 0.4) is 0 Å². The normalized spacial score (nSPS) is 10.3. The smallest absolute Gasteiger partial charge is 0.212 e. The van der Waals surface area contributed by atoms with Crippen molar-refractivity contribution in [2.24, 2.45) is 7.05 Å². The van der Waals surface area contributed by atoms with E-state index < -0.39 is 0 Å². The van der Waals surface area contributed by atoms with Gasteiger partial charge in [-0.05, 0) is 13.3 Å². The van der Waals surface area contributed by atoms with Crippen LogP contribution in [-0.2, 0) is 13.5 Å². The summed E-state index contributed by atoms with van der Waals surface area (Å²) in [6, 6.07) is 0. The lowest BCUT2D eigenvalue weighted by Gasteiger charge is -1.93. The molecule has 3 nitrogen and oxygen atoms in total. The molecule has 1 aromatic rings. The van der Waals surface area contributed by atoms with E-state index in [1.54, 1.807) is 7.05 Å². The van der Waals surface area contributed by atoms with Crippen LogP contribution in [0.2, 0.25) is 0 Å². The van der Waals surface area contributed by atoms with Crippen molar-refractivity contribution in [2.45, 2.75) is 20.3 Å². The second kappa shape index (κ2) is 2.33. The molecule has 0 spiro atoms. The monoisotopic (exact) mass is 140 g/mol. The van der Waals surface area contributed by atoms with Crippen LogP contribution in [0, 0.1) is 6.92 Å². The van der Waals surface area contributed by atoms with Crippen molar-refractivity contribution < 1.29 is 5.11 Å². The molecule has 56 valence electrons. The van der Waals surface area contributed by atoms with E-state index in [4.69, 9.17) is 0 Å². The fourth-order valence-electron chi connectivity index (χ4n) is 1.10. The minimum atomic E-state index is 0.292. The standard InChI is InChI=1S/C7H12N2O/c1-4-6-5(2)8-9(3)7(6)10/h10H,4H2,1-3H3. The summed E-state index contributed by atoms with van der Waals surface area (Å²) >= 11 is 0. The first kappa shape index (κ1) is 7.12. The maximum absolute atomic E-state index is 9.32. The van der Waals surface area contributed by atoms with Gasteiger partial charge in [-0.15, -0.1) is 0 Å². The van der Waals surface area contributed by atoms with E-state index in [9.17, 15) is 5.11 Å². The number of nitrogens with zero attached hydrogens (tertiary/aromatic N) is 2. The average Bonchev–Trinajstić information content (AvgIpc) is 2.09. The lowest BCUT2D eigenvalue weighted by Crippen LogP contribution is -1.88. The number of hydrogen-bond acceptors (Lipinski definition) is 2. The molecule has 0 unspecified atom stereocenters. The van der Waals surface area contributed by atoms with E-state index in [2.05, 4.69) is 5.10 Å². The minimum Gasteiger partial charge on any atom is -0.493 e. The highest BCUT2D eigenvalue weighted by Crippen LogP contribution is 2.18. The first-order valence-corrected chi connectivity index (χ1v) is 3.38. The summed E-state index contributed by atoms with van der Waals surface area (Å²) in [5.74, 6) is 0.292. The second-order valence-corrected chi connectivity index (χ2v) is 2.36. The summed E-state index contributed by atoms with van der Waals surface area (Å²) in [7, 11) is 1.74. The molecular weight excluding hydrogens is 128 g/mol. The maximum Gasteiger partial charge on any atom is 0.212 e. The fourth-order valence-corrected chi connectivity index (χ4v) is 1.10. The van der Waals surface area contributed by atoms with Gasteiger partial charge in [0.1, 0.15) is 0 Å². The Labute approximate surface area is 60.3 Å². The Morgan fingerprint density at radius 3 is 2.40 bits per heavy atom. The average molecular weight is 140 g/mol. The van der Waals surface area contributed by atoms with Crippen LogP contribution in [0.25, 0.3) is 0 Å².